The fourth-order valence-corrected chi connectivity index (χ4v) is 4.80. The van der Waals surface area contributed by atoms with Crippen LogP contribution in [0, 0.1) is 0 Å². The van der Waals surface area contributed by atoms with E-state index in [9.17, 15) is 22.8 Å². The molecule has 0 fully saturated rings. The zero-order valence-electron chi connectivity index (χ0n) is 22.2. The number of amides is 2. The van der Waals surface area contributed by atoms with Crippen LogP contribution in [0.1, 0.15) is 45.6 Å². The third-order valence-corrected chi connectivity index (χ3v) is 6.98. The molecule has 4 aromatic carbocycles. The van der Waals surface area contributed by atoms with Crippen molar-refractivity contribution in [3.63, 3.8) is 0 Å². The maximum Gasteiger partial charge on any atom is 0.426 e. The summed E-state index contributed by atoms with van der Waals surface area (Å²) in [4.78, 5) is 31.2. The van der Waals surface area contributed by atoms with Gasteiger partial charge in [0.05, 0.1) is 18.2 Å². The van der Waals surface area contributed by atoms with E-state index in [0.29, 0.717) is 41.9 Å². The van der Waals surface area contributed by atoms with Crippen LogP contribution in [0.3, 0.4) is 0 Å². The Kier molecular flexibility index (Phi) is 8.07. The highest BCUT2D eigenvalue weighted by molar-refractivity contribution is 6.08. The molecule has 2 N–H and O–H groups in total. The van der Waals surface area contributed by atoms with Crippen molar-refractivity contribution in [3.05, 3.63) is 125 Å². The van der Waals surface area contributed by atoms with Crippen LogP contribution in [-0.2, 0) is 24.0 Å². The number of fused-ring (bicyclic) bond motifs is 1. The van der Waals surface area contributed by atoms with Gasteiger partial charge in [-0.2, -0.15) is 13.2 Å². The minimum Gasteiger partial charge on any atom is -0.351 e. The summed E-state index contributed by atoms with van der Waals surface area (Å²) in [5.41, 5.74) is 4.22. The van der Waals surface area contributed by atoms with Gasteiger partial charge in [0, 0.05) is 17.8 Å². The van der Waals surface area contributed by atoms with E-state index in [2.05, 4.69) is 10.6 Å². The Bertz CT molecular complexity index is 1540. The number of rotatable bonds is 6. The van der Waals surface area contributed by atoms with E-state index < -0.39 is 17.8 Å². The average molecular weight is 560 g/mol. The van der Waals surface area contributed by atoms with Crippen molar-refractivity contribution >= 4 is 17.7 Å². The van der Waals surface area contributed by atoms with Crippen molar-refractivity contribution in [2.45, 2.75) is 32.1 Å². The molecule has 0 radical (unpaired) electrons. The van der Waals surface area contributed by atoms with Crippen LogP contribution in [0.5, 0.6) is 0 Å². The summed E-state index contributed by atoms with van der Waals surface area (Å²) in [5, 5.41) is 7.35. The number of carbonyl (C=O) groups is 2. The lowest BCUT2D eigenvalue weighted by Crippen LogP contribution is -2.38. The Morgan fingerprint density at radius 1 is 0.878 bits per heavy atom. The minimum atomic E-state index is -4.43. The topological polar surface area (TPSA) is 70.7 Å². The molecule has 0 aromatic heterocycles. The first-order valence-corrected chi connectivity index (χ1v) is 13.2. The number of hydrogen-bond acceptors (Lipinski definition) is 4. The molecule has 1 atom stereocenters. The summed E-state index contributed by atoms with van der Waals surface area (Å²) < 4.78 is 38.9. The predicted molar refractivity (Wildman–Crippen MR) is 150 cm³/mol. The molecule has 9 heteroatoms. The lowest BCUT2D eigenvalue weighted by Gasteiger charge is -2.28. The van der Waals surface area contributed by atoms with Gasteiger partial charge >= 0.3 is 12.3 Å². The molecule has 5 rings (SSSR count). The van der Waals surface area contributed by atoms with Gasteiger partial charge in [-0.05, 0) is 71.5 Å². The van der Waals surface area contributed by atoms with E-state index in [-0.39, 0.29) is 11.9 Å². The molecular weight excluding hydrogens is 531 g/mol. The van der Waals surface area contributed by atoms with Crippen molar-refractivity contribution < 1.29 is 27.6 Å². The minimum absolute atomic E-state index is 0.198. The molecule has 4 aromatic rings. The molecule has 1 aliphatic heterocycles. The van der Waals surface area contributed by atoms with Gasteiger partial charge in [0.1, 0.15) is 0 Å². The number of hydrogen-bond donors (Lipinski definition) is 2. The van der Waals surface area contributed by atoms with Gasteiger partial charge in [-0.3, -0.25) is 4.79 Å². The number of nitrogens with zero attached hydrogens (tertiary/aromatic N) is 1. The maximum absolute atomic E-state index is 13.2. The van der Waals surface area contributed by atoms with E-state index in [1.54, 1.807) is 35.4 Å². The molecule has 1 heterocycles. The second-order valence-corrected chi connectivity index (χ2v) is 9.83. The number of hydroxylamine groups is 2. The number of anilines is 1. The summed E-state index contributed by atoms with van der Waals surface area (Å²) >= 11 is 0. The van der Waals surface area contributed by atoms with Crippen LogP contribution in [0.4, 0.5) is 23.7 Å². The standard InChI is InChI=1S/C32H28F3N3O3/c1-21(22-7-3-2-4-8-22)36-31(40)41-38-18-17-24-19-27(16-13-25(24)20-38)37-30(39)29-10-6-5-9-28(29)23-11-14-26(15-12-23)32(33,34)35/h2-16,19,21H,17-18,20H2,1H3,(H,36,40)(H,37,39)/t21-/m1/s1. The summed E-state index contributed by atoms with van der Waals surface area (Å²) in [6.45, 7) is 2.79. The monoisotopic (exact) mass is 559 g/mol. The lowest BCUT2D eigenvalue weighted by atomic mass is 9.97. The van der Waals surface area contributed by atoms with Gasteiger partial charge < -0.3 is 15.5 Å². The molecule has 1 aliphatic rings. The van der Waals surface area contributed by atoms with E-state index in [1.165, 1.54) is 12.1 Å². The quantitative estimate of drug-likeness (QED) is 0.259. The summed E-state index contributed by atoms with van der Waals surface area (Å²) in [6.07, 6.45) is -4.35. The maximum atomic E-state index is 13.2. The van der Waals surface area contributed by atoms with Crippen LogP contribution >= 0.6 is 0 Å². The first-order chi connectivity index (χ1) is 19.7. The van der Waals surface area contributed by atoms with Crippen LogP contribution in [0.15, 0.2) is 97.1 Å². The fraction of sp³-hybridized carbons (Fsp3) is 0.188. The number of carbonyl (C=O) groups excluding carboxylic acids is 2. The highest BCUT2D eigenvalue weighted by Crippen LogP contribution is 2.32. The number of alkyl halides is 3. The molecule has 2 amide bonds. The summed E-state index contributed by atoms with van der Waals surface area (Å²) in [5.74, 6) is -0.370. The van der Waals surface area contributed by atoms with Gasteiger partial charge in [0.25, 0.3) is 5.91 Å². The van der Waals surface area contributed by atoms with Crippen molar-refractivity contribution in [1.82, 2.24) is 10.4 Å². The van der Waals surface area contributed by atoms with E-state index in [4.69, 9.17) is 4.84 Å². The van der Waals surface area contributed by atoms with Gasteiger partial charge in [-0.15, -0.1) is 5.06 Å². The Morgan fingerprint density at radius 3 is 2.32 bits per heavy atom. The summed E-state index contributed by atoms with van der Waals surface area (Å²) in [7, 11) is 0. The van der Waals surface area contributed by atoms with Crippen LogP contribution in [0.25, 0.3) is 11.1 Å². The second-order valence-electron chi connectivity index (χ2n) is 9.83. The zero-order valence-corrected chi connectivity index (χ0v) is 22.2. The van der Waals surface area contributed by atoms with E-state index >= 15 is 0 Å². The van der Waals surface area contributed by atoms with Crippen molar-refractivity contribution in [2.24, 2.45) is 0 Å². The molecule has 6 nitrogen and oxygen atoms in total. The van der Waals surface area contributed by atoms with Crippen LogP contribution in [0.2, 0.25) is 0 Å². The lowest BCUT2D eigenvalue weighted by molar-refractivity contribution is -0.137. The first-order valence-electron chi connectivity index (χ1n) is 13.2. The third kappa shape index (κ3) is 6.75. The van der Waals surface area contributed by atoms with Crippen molar-refractivity contribution in [3.8, 4) is 11.1 Å². The fourth-order valence-electron chi connectivity index (χ4n) is 4.80. The Hall–Kier alpha value is -4.63. The Balaban J connectivity index is 1.22. The molecule has 210 valence electrons. The first kappa shape index (κ1) is 27.9. The van der Waals surface area contributed by atoms with Gasteiger partial charge in [0.15, 0.2) is 0 Å². The number of nitrogens with one attached hydrogen (secondary N) is 2. The largest absolute Gasteiger partial charge is 0.426 e. The molecule has 0 spiro atoms. The second kappa shape index (κ2) is 11.9. The van der Waals surface area contributed by atoms with Crippen LogP contribution in [-0.4, -0.2) is 23.6 Å². The van der Waals surface area contributed by atoms with E-state index in [1.807, 2.05) is 49.4 Å². The zero-order chi connectivity index (χ0) is 29.0. The molecule has 0 unspecified atom stereocenters. The highest BCUT2D eigenvalue weighted by Gasteiger charge is 2.30. The third-order valence-electron chi connectivity index (χ3n) is 6.98. The SMILES string of the molecule is C[C@@H](NC(=O)ON1CCc2cc(NC(=O)c3ccccc3-c3ccc(C(F)(F)F)cc3)ccc2C1)c1ccccc1. The van der Waals surface area contributed by atoms with Crippen LogP contribution < -0.4 is 10.6 Å². The van der Waals surface area contributed by atoms with Crippen molar-refractivity contribution in [2.75, 3.05) is 11.9 Å². The van der Waals surface area contributed by atoms with Gasteiger partial charge in [0.2, 0.25) is 0 Å². The van der Waals surface area contributed by atoms with Gasteiger partial charge in [-0.25, -0.2) is 4.79 Å². The Labute approximate surface area is 235 Å². The molecule has 0 saturated heterocycles. The number of benzene rings is 4. The van der Waals surface area contributed by atoms with E-state index in [0.717, 1.165) is 28.8 Å². The molecule has 0 saturated carbocycles. The molecule has 0 aliphatic carbocycles. The molecular formula is C32H28F3N3O3. The average Bonchev–Trinajstić information content (AvgIpc) is 2.97. The summed E-state index contributed by atoms with van der Waals surface area (Å²) in [6, 6.07) is 26.5. The van der Waals surface area contributed by atoms with Crippen molar-refractivity contribution in [1.29, 1.82) is 0 Å². The predicted octanol–water partition coefficient (Wildman–Crippen LogP) is 7.39. The Morgan fingerprint density at radius 2 is 1.59 bits per heavy atom. The molecule has 0 bridgehead atoms. The number of halogens is 3. The molecule has 41 heavy (non-hydrogen) atoms. The van der Waals surface area contributed by atoms with Gasteiger partial charge in [-0.1, -0.05) is 66.7 Å². The highest BCUT2D eigenvalue weighted by atomic mass is 19.4. The normalized spacial score (nSPS) is 14.0. The smallest absolute Gasteiger partial charge is 0.351 e.